The van der Waals surface area contributed by atoms with Crippen LogP contribution < -0.4 is 5.32 Å². The van der Waals surface area contributed by atoms with Gasteiger partial charge in [-0.2, -0.15) is 0 Å². The molecule has 132 valence electrons. The van der Waals surface area contributed by atoms with Crippen molar-refractivity contribution >= 4 is 46.2 Å². The lowest BCUT2D eigenvalue weighted by atomic mass is 10.0. The van der Waals surface area contributed by atoms with E-state index >= 15 is 0 Å². The summed E-state index contributed by atoms with van der Waals surface area (Å²) in [4.78, 5) is 26.1. The molecule has 1 fully saturated rings. The molecule has 1 aromatic carbocycles. The molecule has 0 unspecified atom stereocenters. The lowest BCUT2D eigenvalue weighted by Gasteiger charge is -2.33. The molecule has 1 aliphatic heterocycles. The van der Waals surface area contributed by atoms with Crippen molar-refractivity contribution in [3.63, 3.8) is 0 Å². The van der Waals surface area contributed by atoms with Gasteiger partial charge in [0.1, 0.15) is 5.60 Å². The molecule has 0 aromatic heterocycles. The summed E-state index contributed by atoms with van der Waals surface area (Å²) in [5, 5.41) is 3.57. The number of carbonyl (C=O) groups excluding carboxylic acids is 2. The molecule has 1 aromatic rings. The summed E-state index contributed by atoms with van der Waals surface area (Å²) < 4.78 is 6.24. The molecule has 0 atom stereocenters. The zero-order valence-corrected chi connectivity index (χ0v) is 17.0. The standard InChI is InChI=1S/C17H22ClIN2O3/c1-17(2,3)24-16(23)21-8-6-12(7-9-21)20-15(22)13-10-11(18)4-5-14(13)19/h4-5,10,12H,6-9H2,1-3H3,(H,20,22). The van der Waals surface area contributed by atoms with Crippen molar-refractivity contribution in [1.29, 1.82) is 0 Å². The van der Waals surface area contributed by atoms with Crippen LogP contribution in [0.1, 0.15) is 44.0 Å². The first-order valence-electron chi connectivity index (χ1n) is 7.89. The first-order chi connectivity index (χ1) is 11.2. The first kappa shape index (κ1) is 19.3. The van der Waals surface area contributed by atoms with Crippen LogP contribution in [0.25, 0.3) is 0 Å². The number of rotatable bonds is 2. The minimum Gasteiger partial charge on any atom is -0.444 e. The molecule has 5 nitrogen and oxygen atoms in total. The highest BCUT2D eigenvalue weighted by molar-refractivity contribution is 14.1. The maximum atomic E-state index is 12.4. The summed E-state index contributed by atoms with van der Waals surface area (Å²) >= 11 is 8.09. The Bertz CT molecular complexity index is 623. The van der Waals surface area contributed by atoms with Gasteiger partial charge in [-0.25, -0.2) is 4.79 Å². The van der Waals surface area contributed by atoms with Crippen molar-refractivity contribution in [2.45, 2.75) is 45.3 Å². The van der Waals surface area contributed by atoms with Gasteiger partial charge in [-0.15, -0.1) is 0 Å². The van der Waals surface area contributed by atoms with Gasteiger partial charge in [-0.3, -0.25) is 4.79 Å². The van der Waals surface area contributed by atoms with Crippen LogP contribution in [0, 0.1) is 3.57 Å². The number of nitrogens with one attached hydrogen (secondary N) is 1. The largest absolute Gasteiger partial charge is 0.444 e. The molecule has 0 spiro atoms. The fourth-order valence-electron chi connectivity index (χ4n) is 2.47. The highest BCUT2D eigenvalue weighted by atomic mass is 127. The average molecular weight is 465 g/mol. The van der Waals surface area contributed by atoms with Gasteiger partial charge in [0, 0.05) is 27.7 Å². The van der Waals surface area contributed by atoms with Crippen molar-refractivity contribution in [3.05, 3.63) is 32.4 Å². The second-order valence-electron chi connectivity index (χ2n) is 6.84. The van der Waals surface area contributed by atoms with E-state index in [2.05, 4.69) is 27.9 Å². The summed E-state index contributed by atoms with van der Waals surface area (Å²) in [6.45, 7) is 6.71. The molecule has 2 rings (SSSR count). The fourth-order valence-corrected chi connectivity index (χ4v) is 3.22. The maximum absolute atomic E-state index is 12.4. The Labute approximate surface area is 161 Å². The van der Waals surface area contributed by atoms with Crippen LogP contribution in [0.3, 0.4) is 0 Å². The average Bonchev–Trinajstić information content (AvgIpc) is 2.48. The zero-order chi connectivity index (χ0) is 17.9. The van der Waals surface area contributed by atoms with E-state index in [-0.39, 0.29) is 18.0 Å². The van der Waals surface area contributed by atoms with E-state index in [1.165, 1.54) is 0 Å². The van der Waals surface area contributed by atoms with Gasteiger partial charge in [-0.1, -0.05) is 11.6 Å². The van der Waals surface area contributed by atoms with Gasteiger partial charge >= 0.3 is 6.09 Å². The first-order valence-corrected chi connectivity index (χ1v) is 9.35. The molecule has 2 amide bonds. The number of amides is 2. The molecule has 0 aliphatic carbocycles. The number of hydrogen-bond acceptors (Lipinski definition) is 3. The van der Waals surface area contributed by atoms with E-state index in [0.717, 1.165) is 3.57 Å². The summed E-state index contributed by atoms with van der Waals surface area (Å²) in [5.74, 6) is -0.127. The van der Waals surface area contributed by atoms with Crippen molar-refractivity contribution in [3.8, 4) is 0 Å². The Balaban J connectivity index is 1.88. The van der Waals surface area contributed by atoms with E-state index in [4.69, 9.17) is 16.3 Å². The van der Waals surface area contributed by atoms with Gasteiger partial charge in [0.05, 0.1) is 5.56 Å². The van der Waals surface area contributed by atoms with Crippen molar-refractivity contribution in [2.24, 2.45) is 0 Å². The number of likely N-dealkylation sites (tertiary alicyclic amines) is 1. The number of hydrogen-bond donors (Lipinski definition) is 1. The van der Waals surface area contributed by atoms with Crippen molar-refractivity contribution in [1.82, 2.24) is 10.2 Å². The Morgan fingerprint density at radius 2 is 1.92 bits per heavy atom. The van der Waals surface area contributed by atoms with Crippen LogP contribution in [-0.4, -0.2) is 41.6 Å². The van der Waals surface area contributed by atoms with Gasteiger partial charge in [0.25, 0.3) is 5.91 Å². The van der Waals surface area contributed by atoms with E-state index in [0.29, 0.717) is 36.5 Å². The van der Waals surface area contributed by atoms with Crippen LogP contribution in [0.5, 0.6) is 0 Å². The number of halogens is 2. The van der Waals surface area contributed by atoms with Crippen molar-refractivity contribution in [2.75, 3.05) is 13.1 Å². The molecule has 7 heteroatoms. The summed E-state index contributed by atoms with van der Waals surface area (Å²) in [6, 6.07) is 5.31. The Morgan fingerprint density at radius 1 is 1.29 bits per heavy atom. The van der Waals surface area contributed by atoms with Gasteiger partial charge in [0.2, 0.25) is 0 Å². The number of ether oxygens (including phenoxy) is 1. The predicted molar refractivity (Wildman–Crippen MR) is 102 cm³/mol. The third-order valence-corrected chi connectivity index (χ3v) is 4.83. The molecule has 1 heterocycles. The van der Waals surface area contributed by atoms with E-state index in [1.807, 2.05) is 26.8 Å². The normalized spacial score (nSPS) is 16.0. The van der Waals surface area contributed by atoms with Crippen LogP contribution in [0.15, 0.2) is 18.2 Å². The van der Waals surface area contributed by atoms with Gasteiger partial charge in [0.15, 0.2) is 0 Å². The lowest BCUT2D eigenvalue weighted by molar-refractivity contribution is 0.0199. The molecular weight excluding hydrogens is 443 g/mol. The summed E-state index contributed by atoms with van der Waals surface area (Å²) in [6.07, 6.45) is 1.13. The lowest BCUT2D eigenvalue weighted by Crippen LogP contribution is -2.47. The van der Waals surface area contributed by atoms with Crippen LogP contribution >= 0.6 is 34.2 Å². The molecule has 1 saturated heterocycles. The Hall–Kier alpha value is -1.02. The predicted octanol–water partition coefficient (Wildman–Crippen LogP) is 4.07. The molecule has 0 bridgehead atoms. The summed E-state index contributed by atoms with van der Waals surface area (Å²) in [7, 11) is 0. The van der Waals surface area contributed by atoms with Gasteiger partial charge in [-0.05, 0) is 74.4 Å². The topological polar surface area (TPSA) is 58.6 Å². The third kappa shape index (κ3) is 5.51. The van der Waals surface area contributed by atoms with Crippen LogP contribution in [0.4, 0.5) is 4.79 Å². The SMILES string of the molecule is CC(C)(C)OC(=O)N1CCC(NC(=O)c2cc(Cl)ccc2I)CC1. The minimum absolute atomic E-state index is 0.0472. The van der Waals surface area contributed by atoms with E-state index < -0.39 is 5.60 Å². The van der Waals surface area contributed by atoms with Gasteiger partial charge < -0.3 is 15.0 Å². The Morgan fingerprint density at radius 3 is 2.50 bits per heavy atom. The Kier molecular flexibility index (Phi) is 6.36. The second-order valence-corrected chi connectivity index (χ2v) is 8.44. The molecule has 24 heavy (non-hydrogen) atoms. The molecule has 1 N–H and O–H groups in total. The van der Waals surface area contributed by atoms with E-state index in [1.54, 1.807) is 17.0 Å². The fraction of sp³-hybridized carbons (Fsp3) is 0.529. The maximum Gasteiger partial charge on any atom is 0.410 e. The number of carbonyl (C=O) groups is 2. The molecule has 0 radical (unpaired) electrons. The molecule has 1 aliphatic rings. The van der Waals surface area contributed by atoms with Crippen LogP contribution in [0.2, 0.25) is 5.02 Å². The smallest absolute Gasteiger partial charge is 0.410 e. The van der Waals surface area contributed by atoms with Crippen molar-refractivity contribution < 1.29 is 14.3 Å². The van der Waals surface area contributed by atoms with Crippen LogP contribution in [-0.2, 0) is 4.74 Å². The zero-order valence-electron chi connectivity index (χ0n) is 14.1. The van der Waals surface area contributed by atoms with E-state index in [9.17, 15) is 9.59 Å². The number of benzene rings is 1. The molecular formula is C17H22ClIN2O3. The monoisotopic (exact) mass is 464 g/mol. The number of piperidine rings is 1. The quantitative estimate of drug-likeness (QED) is 0.671. The highest BCUT2D eigenvalue weighted by Gasteiger charge is 2.27. The minimum atomic E-state index is -0.495. The second kappa shape index (κ2) is 7.91. The number of nitrogens with zero attached hydrogens (tertiary/aromatic N) is 1. The summed E-state index contributed by atoms with van der Waals surface area (Å²) in [5.41, 5.74) is 0.0865. The highest BCUT2D eigenvalue weighted by Crippen LogP contribution is 2.19. The third-order valence-electron chi connectivity index (χ3n) is 3.65. The molecule has 0 saturated carbocycles.